The van der Waals surface area contributed by atoms with Crippen molar-refractivity contribution in [3.8, 4) is 0 Å². The van der Waals surface area contributed by atoms with Gasteiger partial charge >= 0.3 is 0 Å². The number of aliphatic hydroxyl groups is 2. The molecule has 0 bridgehead atoms. The van der Waals surface area contributed by atoms with Crippen LogP contribution in [0.5, 0.6) is 0 Å². The van der Waals surface area contributed by atoms with Crippen molar-refractivity contribution < 1.29 is 85.2 Å². The Morgan fingerprint density at radius 1 is 0.705 bits per heavy atom. The molecule has 0 aliphatic rings. The number of Topliss-reactive ketones (excluding diaryl/α,β-unsaturated/α-hetero) is 2. The zero-order chi connectivity index (χ0) is 33.0. The average molecular weight is 773 g/mol. The van der Waals surface area contributed by atoms with Crippen molar-refractivity contribution in [1.29, 1.82) is 0 Å². The summed E-state index contributed by atoms with van der Waals surface area (Å²) < 4.78 is 0. The van der Waals surface area contributed by atoms with Crippen molar-refractivity contribution >= 4 is 11.6 Å². The van der Waals surface area contributed by atoms with Gasteiger partial charge in [0.25, 0.3) is 0 Å². The molecule has 0 spiro atoms. The van der Waals surface area contributed by atoms with Crippen LogP contribution in [0.2, 0.25) is 0 Å². The molecule has 0 saturated heterocycles. The summed E-state index contributed by atoms with van der Waals surface area (Å²) in [5, 5.41) is 21.1. The van der Waals surface area contributed by atoms with Gasteiger partial charge < -0.3 is 10.2 Å². The molecule has 6 atom stereocenters. The van der Waals surface area contributed by atoms with E-state index in [4.69, 9.17) is 0 Å². The molecular formula is C36H70N2O4Y2-2. The van der Waals surface area contributed by atoms with E-state index < -0.39 is 24.3 Å². The van der Waals surface area contributed by atoms with Gasteiger partial charge in [0.05, 0.1) is 24.3 Å². The maximum Gasteiger partial charge on any atom is 0.155 e. The Balaban J connectivity index is -0.000000141. The molecule has 0 aromatic heterocycles. The van der Waals surface area contributed by atoms with Crippen molar-refractivity contribution in [2.75, 3.05) is 14.1 Å². The number of allylic oxidation sites excluding steroid dienone is 5. The average Bonchev–Trinajstić information content (AvgIpc) is 2.90. The molecule has 0 rings (SSSR count). The second-order valence-electron chi connectivity index (χ2n) is 12.3. The normalized spacial score (nSPS) is 15.3. The summed E-state index contributed by atoms with van der Waals surface area (Å²) in [5.74, 6) is 0.202. The van der Waals surface area contributed by atoms with Gasteiger partial charge in [-0.3, -0.25) is 19.4 Å². The van der Waals surface area contributed by atoms with Crippen molar-refractivity contribution in [3.63, 3.8) is 0 Å². The molecule has 0 amide bonds. The number of aliphatic hydroxyl groups excluding tert-OH is 2. The number of hydrogen-bond acceptors (Lipinski definition) is 6. The number of ketones is 2. The molecule has 0 aliphatic carbocycles. The summed E-state index contributed by atoms with van der Waals surface area (Å²) in [6.45, 7) is 31.8. The summed E-state index contributed by atoms with van der Waals surface area (Å²) in [6, 6.07) is -0.400. The van der Waals surface area contributed by atoms with Crippen LogP contribution in [0.15, 0.2) is 37.0 Å². The zero-order valence-corrected chi connectivity index (χ0v) is 35.6. The van der Waals surface area contributed by atoms with E-state index in [9.17, 15) is 19.8 Å². The van der Waals surface area contributed by atoms with E-state index in [1.807, 2.05) is 118 Å². The fourth-order valence-corrected chi connectivity index (χ4v) is 4.11. The van der Waals surface area contributed by atoms with Gasteiger partial charge in [-0.2, -0.15) is 0 Å². The Hall–Kier alpha value is 0.348. The second kappa shape index (κ2) is 31.9. The minimum atomic E-state index is -0.654. The minimum absolute atomic E-state index is 0. The van der Waals surface area contributed by atoms with Crippen LogP contribution < -0.4 is 0 Å². The van der Waals surface area contributed by atoms with Gasteiger partial charge in [-0.25, -0.2) is 38.7 Å². The van der Waals surface area contributed by atoms with E-state index in [2.05, 4.69) is 20.4 Å². The Morgan fingerprint density at radius 2 is 0.977 bits per heavy atom. The van der Waals surface area contributed by atoms with E-state index in [1.54, 1.807) is 6.08 Å². The maximum atomic E-state index is 12.4. The fourth-order valence-electron chi connectivity index (χ4n) is 4.11. The predicted molar refractivity (Wildman–Crippen MR) is 184 cm³/mol. The van der Waals surface area contributed by atoms with Crippen molar-refractivity contribution in [3.05, 3.63) is 50.8 Å². The van der Waals surface area contributed by atoms with Crippen LogP contribution in [-0.4, -0.2) is 82.1 Å². The molecule has 0 saturated carbocycles. The molecule has 0 aromatic carbocycles. The first kappa shape index (κ1) is 56.7. The van der Waals surface area contributed by atoms with E-state index in [1.165, 1.54) is 6.08 Å². The maximum absolute atomic E-state index is 12.4. The van der Waals surface area contributed by atoms with E-state index >= 15 is 0 Å². The third kappa shape index (κ3) is 22.8. The molecule has 44 heavy (non-hydrogen) atoms. The quantitative estimate of drug-likeness (QED) is 0.128. The molecule has 2 N–H and O–H groups in total. The first-order chi connectivity index (χ1) is 18.9. The summed E-state index contributed by atoms with van der Waals surface area (Å²) in [4.78, 5) is 28.7. The molecule has 0 heterocycles. The third-order valence-corrected chi connectivity index (χ3v) is 7.46. The van der Waals surface area contributed by atoms with Gasteiger partial charge in [0.1, 0.15) is 0 Å². The predicted octanol–water partition coefficient (Wildman–Crippen LogP) is 7.22. The van der Waals surface area contributed by atoms with Crippen LogP contribution in [-0.2, 0) is 75.0 Å². The van der Waals surface area contributed by atoms with Crippen LogP contribution in [0.3, 0.4) is 0 Å². The van der Waals surface area contributed by atoms with Gasteiger partial charge in [0, 0.05) is 89.3 Å². The van der Waals surface area contributed by atoms with Crippen LogP contribution in [0.1, 0.15) is 96.4 Å². The van der Waals surface area contributed by atoms with Crippen LogP contribution in [0, 0.1) is 37.5 Å². The molecule has 0 fully saturated rings. The summed E-state index contributed by atoms with van der Waals surface area (Å²) in [7, 11) is 3.82. The van der Waals surface area contributed by atoms with Crippen molar-refractivity contribution in [1.82, 2.24) is 9.80 Å². The van der Waals surface area contributed by atoms with E-state index in [-0.39, 0.29) is 120 Å². The summed E-state index contributed by atoms with van der Waals surface area (Å²) in [5.41, 5.74) is 0. The second-order valence-corrected chi connectivity index (χ2v) is 12.3. The monoisotopic (exact) mass is 772 g/mol. The third-order valence-electron chi connectivity index (χ3n) is 7.46. The molecule has 0 aromatic rings. The zero-order valence-electron chi connectivity index (χ0n) is 30.0. The summed E-state index contributed by atoms with van der Waals surface area (Å²) in [6.07, 6.45) is 9.44. The molecule has 0 unspecified atom stereocenters. The molecule has 6 nitrogen and oxygen atoms in total. The number of hydrogen-bond donors (Lipinski definition) is 2. The SMILES string of the molecule is C.C/C=C/C[C@@H](C)[C@@H](O)[C@@H](C(=O)C(C)C)N(C)C(C)C.C=C[CH2-].[CH2-]/C=C/C[C@@H](C)[C@@H](O)[C@@H](C(=O)C(C)C)N(C)C(C)C.[Y].[Y]. The number of nitrogens with zero attached hydrogens (tertiary/aromatic N) is 2. The standard InChI is InChI=1S/C16H31NO2.C16H30NO2.C3H5.CH4.2Y/c2*1-8-9-10-13(6)16(19)14(15(18)11(2)3)17(7)12(4)5;1-3-2;;;/h8-9,11-14,16,19H,10H2,1-7H3;8-9,11-14,16,19H,1,10H2,2-7H3;3H,1-2H2;1H4;;/q;2*-1;;;/b2*9-8+;;;;/t2*13-,14-,16-;;;;/m11..../s1. The topological polar surface area (TPSA) is 81.1 Å². The summed E-state index contributed by atoms with van der Waals surface area (Å²) >= 11 is 0. The van der Waals surface area contributed by atoms with Crippen molar-refractivity contribution in [2.45, 2.75) is 133 Å². The molecular weight excluding hydrogens is 702 g/mol. The first-order valence-electron chi connectivity index (χ1n) is 15.2. The Bertz CT molecular complexity index is 709. The molecule has 0 aliphatic heterocycles. The van der Waals surface area contributed by atoms with Crippen LogP contribution >= 0.6 is 0 Å². The van der Waals surface area contributed by atoms with Gasteiger partial charge in [0.15, 0.2) is 11.6 Å². The van der Waals surface area contributed by atoms with Gasteiger partial charge in [-0.1, -0.05) is 67.5 Å². The van der Waals surface area contributed by atoms with Gasteiger partial charge in [-0.05, 0) is 67.0 Å². The van der Waals surface area contributed by atoms with Crippen LogP contribution in [0.4, 0.5) is 0 Å². The Kier molecular flexibility index (Phi) is 41.1. The van der Waals surface area contributed by atoms with Gasteiger partial charge in [-0.15, -0.1) is 0 Å². The van der Waals surface area contributed by atoms with E-state index in [0.29, 0.717) is 0 Å². The first-order valence-corrected chi connectivity index (χ1v) is 15.2. The van der Waals surface area contributed by atoms with Crippen molar-refractivity contribution in [2.24, 2.45) is 23.7 Å². The van der Waals surface area contributed by atoms with Crippen LogP contribution in [0.25, 0.3) is 0 Å². The van der Waals surface area contributed by atoms with Gasteiger partial charge in [0.2, 0.25) is 0 Å². The number of carbonyl (C=O) groups excluding carboxylic acids is 2. The largest absolute Gasteiger partial charge is 0.391 e. The minimum Gasteiger partial charge on any atom is -0.391 e. The number of rotatable bonds is 16. The molecule has 256 valence electrons. The van der Waals surface area contributed by atoms with E-state index in [0.717, 1.165) is 12.8 Å². The Morgan fingerprint density at radius 3 is 1.18 bits per heavy atom. The Labute approximate surface area is 325 Å². The number of likely N-dealkylation sites (N-methyl/N-ethyl adjacent to an activating group) is 2. The smallest absolute Gasteiger partial charge is 0.155 e. The fraction of sp³-hybridized carbons (Fsp3) is 0.722. The molecule has 8 heteroatoms. The number of carbonyl (C=O) groups is 2. The molecule has 2 radical (unpaired) electrons.